The van der Waals surface area contributed by atoms with Gasteiger partial charge in [0.25, 0.3) is 0 Å². The van der Waals surface area contributed by atoms with Crippen molar-refractivity contribution in [1.29, 1.82) is 0 Å². The first-order valence-electron chi connectivity index (χ1n) is 4.02. The van der Waals surface area contributed by atoms with Crippen LogP contribution in [0.5, 0.6) is 0 Å². The summed E-state index contributed by atoms with van der Waals surface area (Å²) in [5, 5.41) is 8.54. The van der Waals surface area contributed by atoms with Gasteiger partial charge in [0.15, 0.2) is 0 Å². The Balaban J connectivity index is 2.40. The highest BCUT2D eigenvalue weighted by Gasteiger charge is 2.15. The first-order chi connectivity index (χ1) is 5.70. The van der Waals surface area contributed by atoms with Crippen molar-refractivity contribution in [3.63, 3.8) is 0 Å². The Hall–Kier alpha value is -1.09. The van der Waals surface area contributed by atoms with Crippen molar-refractivity contribution in [3.05, 3.63) is 24.3 Å². The lowest BCUT2D eigenvalue weighted by Gasteiger charge is -2.13. The number of carboxylic acids is 1. The van der Waals surface area contributed by atoms with Gasteiger partial charge in [-0.3, -0.25) is 4.79 Å². The molecule has 3 N–H and O–H groups in total. The molecule has 0 heterocycles. The second-order valence-electron chi connectivity index (χ2n) is 2.94. The van der Waals surface area contributed by atoms with Gasteiger partial charge in [0.05, 0.1) is 0 Å². The molecule has 0 aromatic rings. The van der Waals surface area contributed by atoms with Crippen molar-refractivity contribution in [2.75, 3.05) is 0 Å². The maximum atomic E-state index is 10.4. The van der Waals surface area contributed by atoms with Gasteiger partial charge in [-0.2, -0.15) is 0 Å². The Morgan fingerprint density at radius 1 is 1.58 bits per heavy atom. The number of allylic oxidation sites excluding steroid dienone is 4. The van der Waals surface area contributed by atoms with Gasteiger partial charge in [0, 0.05) is 0 Å². The summed E-state index contributed by atoms with van der Waals surface area (Å²) in [5.74, 6) is -0.729. The fourth-order valence-electron chi connectivity index (χ4n) is 1.20. The molecule has 0 bridgehead atoms. The summed E-state index contributed by atoms with van der Waals surface area (Å²) in [6.45, 7) is 0. The van der Waals surface area contributed by atoms with Gasteiger partial charge in [0.2, 0.25) is 0 Å². The number of nitrogens with two attached hydrogens (primary N) is 1. The fraction of sp³-hybridized carbons (Fsp3) is 0.444. The van der Waals surface area contributed by atoms with E-state index in [0.29, 0.717) is 6.42 Å². The van der Waals surface area contributed by atoms with E-state index in [0.717, 1.165) is 6.42 Å². The molecule has 0 radical (unpaired) electrons. The minimum Gasteiger partial charge on any atom is -0.480 e. The molecule has 1 atom stereocenters. The van der Waals surface area contributed by atoms with Crippen LogP contribution < -0.4 is 5.73 Å². The van der Waals surface area contributed by atoms with Gasteiger partial charge >= 0.3 is 5.97 Å². The summed E-state index contributed by atoms with van der Waals surface area (Å²) < 4.78 is 0. The lowest BCUT2D eigenvalue weighted by Crippen LogP contribution is -2.31. The number of rotatable bonds is 3. The standard InChI is InChI=1S/C9H13NO2/c10-8(9(11)12)6-7-4-2-1-3-5-7/h2-5,7-8H,1,6,10H2,(H,11,12)/t8-/m0/s1. The van der Waals surface area contributed by atoms with E-state index in [1.807, 2.05) is 24.3 Å². The predicted molar refractivity (Wildman–Crippen MR) is 46.6 cm³/mol. The second-order valence-corrected chi connectivity index (χ2v) is 2.94. The lowest BCUT2D eigenvalue weighted by atomic mass is 9.96. The molecule has 66 valence electrons. The van der Waals surface area contributed by atoms with Crippen LogP contribution in [0.25, 0.3) is 0 Å². The molecule has 3 nitrogen and oxygen atoms in total. The summed E-state index contributed by atoms with van der Waals surface area (Å²) in [6, 6.07) is -0.748. The summed E-state index contributed by atoms with van der Waals surface area (Å²) in [6.07, 6.45) is 9.49. The molecule has 0 aromatic heterocycles. The molecule has 3 heteroatoms. The zero-order chi connectivity index (χ0) is 8.97. The van der Waals surface area contributed by atoms with Crippen molar-refractivity contribution in [2.45, 2.75) is 18.9 Å². The summed E-state index contributed by atoms with van der Waals surface area (Å²) in [5.41, 5.74) is 5.38. The Labute approximate surface area is 71.6 Å². The highest BCUT2D eigenvalue weighted by Crippen LogP contribution is 2.14. The second kappa shape index (κ2) is 4.07. The van der Waals surface area contributed by atoms with Crippen LogP contribution in [0.4, 0.5) is 0 Å². The van der Waals surface area contributed by atoms with Crippen LogP contribution in [0.3, 0.4) is 0 Å². The molecule has 0 spiro atoms. The highest BCUT2D eigenvalue weighted by atomic mass is 16.4. The van der Waals surface area contributed by atoms with E-state index in [4.69, 9.17) is 10.8 Å². The molecule has 0 aliphatic heterocycles. The van der Waals surface area contributed by atoms with Crippen LogP contribution in [0, 0.1) is 5.92 Å². The van der Waals surface area contributed by atoms with Crippen LogP contribution >= 0.6 is 0 Å². The molecule has 12 heavy (non-hydrogen) atoms. The maximum absolute atomic E-state index is 10.4. The van der Waals surface area contributed by atoms with E-state index in [9.17, 15) is 4.79 Å². The molecule has 1 aliphatic rings. The third kappa shape index (κ3) is 2.51. The minimum atomic E-state index is -0.928. The molecule has 0 unspecified atom stereocenters. The van der Waals surface area contributed by atoms with Gasteiger partial charge in [0.1, 0.15) is 6.04 Å². The van der Waals surface area contributed by atoms with E-state index in [2.05, 4.69) is 0 Å². The van der Waals surface area contributed by atoms with Gasteiger partial charge < -0.3 is 10.8 Å². The number of carbonyl (C=O) groups is 1. The summed E-state index contributed by atoms with van der Waals surface area (Å²) >= 11 is 0. The zero-order valence-corrected chi connectivity index (χ0v) is 6.81. The Kier molecular flexibility index (Phi) is 3.05. The van der Waals surface area contributed by atoms with Crippen molar-refractivity contribution in [3.8, 4) is 0 Å². The van der Waals surface area contributed by atoms with Crippen LogP contribution in [0.1, 0.15) is 12.8 Å². The molecule has 1 rings (SSSR count). The number of hydrogen-bond donors (Lipinski definition) is 2. The zero-order valence-electron chi connectivity index (χ0n) is 6.81. The smallest absolute Gasteiger partial charge is 0.320 e. The number of aliphatic carboxylic acids is 1. The first kappa shape index (κ1) is 9.00. The highest BCUT2D eigenvalue weighted by molar-refractivity contribution is 5.73. The number of carboxylic acid groups (broad SMARTS) is 1. The Bertz CT molecular complexity index is 209. The third-order valence-electron chi connectivity index (χ3n) is 1.88. The third-order valence-corrected chi connectivity index (χ3v) is 1.88. The van der Waals surface area contributed by atoms with E-state index in [-0.39, 0.29) is 5.92 Å². The Morgan fingerprint density at radius 3 is 2.67 bits per heavy atom. The van der Waals surface area contributed by atoms with Crippen molar-refractivity contribution >= 4 is 5.97 Å². The molecule has 0 fully saturated rings. The molecule has 0 saturated heterocycles. The predicted octanol–water partition coefficient (Wildman–Crippen LogP) is 0.921. The largest absolute Gasteiger partial charge is 0.480 e. The topological polar surface area (TPSA) is 63.3 Å². The van der Waals surface area contributed by atoms with E-state index >= 15 is 0 Å². The number of hydrogen-bond acceptors (Lipinski definition) is 2. The molecule has 0 aromatic carbocycles. The normalized spacial score (nSPS) is 19.4. The van der Waals surface area contributed by atoms with Gasteiger partial charge in [-0.15, -0.1) is 0 Å². The van der Waals surface area contributed by atoms with Gasteiger partial charge in [-0.05, 0) is 18.8 Å². The van der Waals surface area contributed by atoms with Crippen molar-refractivity contribution in [2.24, 2.45) is 11.7 Å². The van der Waals surface area contributed by atoms with E-state index < -0.39 is 12.0 Å². The monoisotopic (exact) mass is 167 g/mol. The molecule has 0 amide bonds. The van der Waals surface area contributed by atoms with Crippen LogP contribution in [0.15, 0.2) is 24.3 Å². The van der Waals surface area contributed by atoms with Crippen molar-refractivity contribution < 1.29 is 9.90 Å². The van der Waals surface area contributed by atoms with Crippen LogP contribution in [-0.4, -0.2) is 17.1 Å². The quantitative estimate of drug-likeness (QED) is 0.614. The molecular weight excluding hydrogens is 154 g/mol. The minimum absolute atomic E-state index is 0.199. The maximum Gasteiger partial charge on any atom is 0.320 e. The van der Waals surface area contributed by atoms with Crippen LogP contribution in [-0.2, 0) is 4.79 Å². The average molecular weight is 167 g/mol. The first-order valence-corrected chi connectivity index (χ1v) is 4.02. The lowest BCUT2D eigenvalue weighted by molar-refractivity contribution is -0.138. The fourth-order valence-corrected chi connectivity index (χ4v) is 1.20. The summed E-state index contributed by atoms with van der Waals surface area (Å²) in [4.78, 5) is 10.4. The molecular formula is C9H13NO2. The van der Waals surface area contributed by atoms with Gasteiger partial charge in [-0.25, -0.2) is 0 Å². The van der Waals surface area contributed by atoms with E-state index in [1.54, 1.807) is 0 Å². The van der Waals surface area contributed by atoms with Crippen LogP contribution in [0.2, 0.25) is 0 Å². The van der Waals surface area contributed by atoms with Crippen molar-refractivity contribution in [1.82, 2.24) is 0 Å². The van der Waals surface area contributed by atoms with Gasteiger partial charge in [-0.1, -0.05) is 24.3 Å². The average Bonchev–Trinajstić information content (AvgIpc) is 2.06. The summed E-state index contributed by atoms with van der Waals surface area (Å²) in [7, 11) is 0. The Morgan fingerprint density at radius 2 is 2.17 bits per heavy atom. The van der Waals surface area contributed by atoms with E-state index in [1.165, 1.54) is 0 Å². The molecule has 0 saturated carbocycles. The molecule has 1 aliphatic carbocycles. The SMILES string of the molecule is N[C@@H](CC1C=CCC=C1)C(=O)O.